The fourth-order valence-electron chi connectivity index (χ4n) is 2.79. The Hall–Kier alpha value is -2.28. The van der Waals surface area contributed by atoms with Gasteiger partial charge in [-0.05, 0) is 24.3 Å². The predicted octanol–water partition coefficient (Wildman–Crippen LogP) is 2.15. The summed E-state index contributed by atoms with van der Waals surface area (Å²) in [6.45, 7) is 2.67. The average molecular weight is 330 g/mol. The molecule has 1 fully saturated rings. The van der Waals surface area contributed by atoms with Crippen molar-refractivity contribution < 1.29 is 9.59 Å². The molecular weight excluding hydrogens is 312 g/mol. The van der Waals surface area contributed by atoms with Crippen LogP contribution in [0.1, 0.15) is 46.9 Å². The van der Waals surface area contributed by atoms with Crippen LogP contribution in [0.3, 0.4) is 0 Å². The van der Waals surface area contributed by atoms with Gasteiger partial charge in [-0.2, -0.15) is 0 Å². The molecule has 0 spiro atoms. The van der Waals surface area contributed by atoms with E-state index in [1.54, 1.807) is 25.4 Å². The second-order valence-corrected chi connectivity index (χ2v) is 6.41. The Bertz CT molecular complexity index is 702. The van der Waals surface area contributed by atoms with Crippen LogP contribution in [0.4, 0.5) is 0 Å². The van der Waals surface area contributed by atoms with Crippen molar-refractivity contribution >= 4 is 23.2 Å². The van der Waals surface area contributed by atoms with Crippen molar-refractivity contribution in [2.24, 2.45) is 0 Å². The molecule has 0 aliphatic carbocycles. The quantitative estimate of drug-likeness (QED) is 0.932. The highest BCUT2D eigenvalue weighted by Crippen LogP contribution is 2.30. The fourth-order valence-corrected chi connectivity index (χ4v) is 3.43. The first-order valence-corrected chi connectivity index (χ1v) is 8.43. The molecule has 6 nitrogen and oxygen atoms in total. The highest BCUT2D eigenvalue weighted by atomic mass is 32.1. The minimum atomic E-state index is -0.113. The van der Waals surface area contributed by atoms with Crippen LogP contribution in [0.2, 0.25) is 0 Å². The van der Waals surface area contributed by atoms with Crippen molar-refractivity contribution in [3.8, 4) is 0 Å². The molecule has 120 valence electrons. The predicted molar refractivity (Wildman–Crippen MR) is 86.9 cm³/mol. The number of thiophene rings is 1. The van der Waals surface area contributed by atoms with Crippen LogP contribution in [0.25, 0.3) is 0 Å². The number of amides is 2. The average Bonchev–Trinajstić information content (AvgIpc) is 3.23. The van der Waals surface area contributed by atoms with E-state index in [1.165, 1.54) is 11.3 Å². The SMILES string of the molecule is CC(=O)N1CCC[C@H]1c1cncc(CNC(=O)c2cccs2)n1. The van der Waals surface area contributed by atoms with E-state index in [0.29, 0.717) is 17.1 Å². The van der Waals surface area contributed by atoms with Gasteiger partial charge < -0.3 is 10.2 Å². The number of hydrogen-bond donors (Lipinski definition) is 1. The molecule has 3 rings (SSSR count). The van der Waals surface area contributed by atoms with Gasteiger partial charge >= 0.3 is 0 Å². The Labute approximate surface area is 138 Å². The Kier molecular flexibility index (Phi) is 4.66. The molecule has 2 aromatic heterocycles. The molecule has 1 aliphatic rings. The van der Waals surface area contributed by atoms with Crippen molar-refractivity contribution in [2.75, 3.05) is 6.54 Å². The molecule has 1 saturated heterocycles. The van der Waals surface area contributed by atoms with Crippen molar-refractivity contribution in [3.05, 3.63) is 46.2 Å². The van der Waals surface area contributed by atoms with Gasteiger partial charge in [0.05, 0.1) is 41.2 Å². The van der Waals surface area contributed by atoms with Crippen LogP contribution in [-0.2, 0) is 11.3 Å². The van der Waals surface area contributed by atoms with Gasteiger partial charge in [0.1, 0.15) is 0 Å². The third-order valence-corrected chi connectivity index (χ3v) is 4.75. The summed E-state index contributed by atoms with van der Waals surface area (Å²) in [6.07, 6.45) is 5.23. The van der Waals surface area contributed by atoms with E-state index in [-0.39, 0.29) is 17.9 Å². The van der Waals surface area contributed by atoms with Gasteiger partial charge in [0.15, 0.2) is 0 Å². The van der Waals surface area contributed by atoms with Crippen LogP contribution in [-0.4, -0.2) is 33.2 Å². The number of carbonyl (C=O) groups excluding carboxylic acids is 2. The van der Waals surface area contributed by atoms with Gasteiger partial charge in [-0.15, -0.1) is 11.3 Å². The number of carbonyl (C=O) groups is 2. The van der Waals surface area contributed by atoms with Crippen LogP contribution in [0, 0.1) is 0 Å². The molecule has 1 atom stereocenters. The lowest BCUT2D eigenvalue weighted by Crippen LogP contribution is -2.29. The normalized spacial score (nSPS) is 17.3. The number of aromatic nitrogens is 2. The summed E-state index contributed by atoms with van der Waals surface area (Å²) in [7, 11) is 0. The maximum Gasteiger partial charge on any atom is 0.261 e. The van der Waals surface area contributed by atoms with Gasteiger partial charge in [0.25, 0.3) is 5.91 Å². The second kappa shape index (κ2) is 6.87. The van der Waals surface area contributed by atoms with E-state index in [4.69, 9.17) is 0 Å². The molecule has 0 bridgehead atoms. The monoisotopic (exact) mass is 330 g/mol. The van der Waals surface area contributed by atoms with Crippen LogP contribution in [0.15, 0.2) is 29.9 Å². The van der Waals surface area contributed by atoms with Crippen molar-refractivity contribution in [1.29, 1.82) is 0 Å². The fraction of sp³-hybridized carbons (Fsp3) is 0.375. The maximum atomic E-state index is 12.0. The van der Waals surface area contributed by atoms with Crippen molar-refractivity contribution in [2.45, 2.75) is 32.4 Å². The number of hydrogen-bond acceptors (Lipinski definition) is 5. The van der Waals surface area contributed by atoms with E-state index < -0.39 is 0 Å². The summed E-state index contributed by atoms with van der Waals surface area (Å²) < 4.78 is 0. The molecule has 0 saturated carbocycles. The summed E-state index contributed by atoms with van der Waals surface area (Å²) >= 11 is 1.40. The standard InChI is InChI=1S/C16H18N4O2S/c1-11(21)20-6-2-4-14(20)13-10-17-8-12(19-13)9-18-16(22)15-5-3-7-23-15/h3,5,7-8,10,14H,2,4,6,9H2,1H3,(H,18,22)/t14-/m0/s1. The van der Waals surface area contributed by atoms with Gasteiger partial charge in [0, 0.05) is 13.5 Å². The first kappa shape index (κ1) is 15.6. The summed E-state index contributed by atoms with van der Waals surface area (Å²) in [5.41, 5.74) is 1.49. The maximum absolute atomic E-state index is 12.0. The van der Waals surface area contributed by atoms with Gasteiger partial charge in [-0.25, -0.2) is 0 Å². The lowest BCUT2D eigenvalue weighted by Gasteiger charge is -2.22. The highest BCUT2D eigenvalue weighted by Gasteiger charge is 2.29. The molecule has 7 heteroatoms. The Morgan fingerprint density at radius 2 is 2.30 bits per heavy atom. The lowest BCUT2D eigenvalue weighted by molar-refractivity contribution is -0.129. The van der Waals surface area contributed by atoms with Crippen LogP contribution < -0.4 is 5.32 Å². The largest absolute Gasteiger partial charge is 0.346 e. The topological polar surface area (TPSA) is 75.2 Å². The molecular formula is C16H18N4O2S. The third kappa shape index (κ3) is 3.56. The number of nitrogens with one attached hydrogen (secondary N) is 1. The van der Waals surface area contributed by atoms with Crippen molar-refractivity contribution in [1.82, 2.24) is 20.2 Å². The molecule has 3 heterocycles. The number of nitrogens with zero attached hydrogens (tertiary/aromatic N) is 3. The molecule has 0 unspecified atom stereocenters. The van der Waals surface area contributed by atoms with Crippen LogP contribution in [0.5, 0.6) is 0 Å². The minimum Gasteiger partial charge on any atom is -0.346 e. The zero-order chi connectivity index (χ0) is 16.2. The van der Waals surface area contributed by atoms with E-state index in [1.807, 2.05) is 16.3 Å². The summed E-state index contributed by atoms with van der Waals surface area (Å²) in [5.74, 6) is -0.0517. The Balaban J connectivity index is 1.68. The highest BCUT2D eigenvalue weighted by molar-refractivity contribution is 7.12. The molecule has 0 radical (unpaired) electrons. The van der Waals surface area contributed by atoms with Gasteiger partial charge in [-0.1, -0.05) is 6.07 Å². The number of likely N-dealkylation sites (tertiary alicyclic amines) is 1. The van der Waals surface area contributed by atoms with E-state index in [9.17, 15) is 9.59 Å². The van der Waals surface area contributed by atoms with E-state index in [0.717, 1.165) is 25.1 Å². The molecule has 0 aromatic carbocycles. The van der Waals surface area contributed by atoms with Gasteiger partial charge in [0.2, 0.25) is 5.91 Å². The molecule has 2 amide bonds. The first-order chi connectivity index (χ1) is 11.1. The summed E-state index contributed by atoms with van der Waals surface area (Å²) in [4.78, 5) is 34.9. The van der Waals surface area contributed by atoms with Crippen LogP contribution >= 0.6 is 11.3 Å². The molecule has 1 N–H and O–H groups in total. The third-order valence-electron chi connectivity index (χ3n) is 3.88. The Morgan fingerprint density at radius 3 is 3.04 bits per heavy atom. The minimum absolute atomic E-state index is 0.00653. The van der Waals surface area contributed by atoms with E-state index >= 15 is 0 Å². The zero-order valence-electron chi connectivity index (χ0n) is 12.9. The Morgan fingerprint density at radius 1 is 1.43 bits per heavy atom. The van der Waals surface area contributed by atoms with Crippen molar-refractivity contribution in [3.63, 3.8) is 0 Å². The molecule has 1 aliphatic heterocycles. The second-order valence-electron chi connectivity index (χ2n) is 5.47. The molecule has 23 heavy (non-hydrogen) atoms. The van der Waals surface area contributed by atoms with E-state index in [2.05, 4.69) is 15.3 Å². The first-order valence-electron chi connectivity index (χ1n) is 7.55. The lowest BCUT2D eigenvalue weighted by atomic mass is 10.1. The number of rotatable bonds is 4. The summed E-state index contributed by atoms with van der Waals surface area (Å²) in [6, 6.07) is 3.62. The molecule has 2 aromatic rings. The van der Waals surface area contributed by atoms with Gasteiger partial charge in [-0.3, -0.25) is 19.6 Å². The summed E-state index contributed by atoms with van der Waals surface area (Å²) in [5, 5.41) is 4.71. The smallest absolute Gasteiger partial charge is 0.261 e. The zero-order valence-corrected chi connectivity index (χ0v) is 13.7.